The molecule has 0 heterocycles. The van der Waals surface area contributed by atoms with Gasteiger partial charge < -0.3 is 16.4 Å². The van der Waals surface area contributed by atoms with E-state index in [2.05, 4.69) is 16.9 Å². The largest absolute Gasteiger partial charge is 0.351 e. The van der Waals surface area contributed by atoms with Crippen molar-refractivity contribution in [1.29, 1.82) is 0 Å². The molecule has 5 nitrogen and oxygen atoms in total. The smallest absolute Gasteiger partial charge is 0.253 e. The summed E-state index contributed by atoms with van der Waals surface area (Å²) in [4.78, 5) is 23.9. The fourth-order valence-electron chi connectivity index (χ4n) is 1.82. The van der Waals surface area contributed by atoms with Crippen LogP contribution in [-0.2, 0) is 4.79 Å². The number of carbonyl (C=O) groups excluding carboxylic acids is 2. The lowest BCUT2D eigenvalue weighted by Crippen LogP contribution is -2.29. The van der Waals surface area contributed by atoms with Crippen molar-refractivity contribution >= 4 is 29.3 Å². The highest BCUT2D eigenvalue weighted by Crippen LogP contribution is 2.15. The number of anilines is 1. The maximum atomic E-state index is 12.0. The highest BCUT2D eigenvalue weighted by molar-refractivity contribution is 7.98. The Hall–Kier alpha value is -1.53. The molecule has 4 N–H and O–H groups in total. The van der Waals surface area contributed by atoms with Gasteiger partial charge in [-0.3, -0.25) is 9.59 Å². The molecule has 0 fully saturated rings. The van der Waals surface area contributed by atoms with E-state index in [1.165, 1.54) is 0 Å². The predicted octanol–water partition coefficient (Wildman–Crippen LogP) is 1.85. The molecule has 0 saturated heterocycles. The number of amides is 2. The number of hydrogen-bond acceptors (Lipinski definition) is 4. The highest BCUT2D eigenvalue weighted by atomic mass is 32.2. The van der Waals surface area contributed by atoms with E-state index in [9.17, 15) is 9.59 Å². The van der Waals surface area contributed by atoms with Crippen LogP contribution in [0.1, 0.15) is 29.6 Å². The second-order valence-corrected chi connectivity index (χ2v) is 5.57. The first-order valence-corrected chi connectivity index (χ1v) is 8.44. The predicted molar refractivity (Wildman–Crippen MR) is 88.7 cm³/mol. The van der Waals surface area contributed by atoms with Gasteiger partial charge in [-0.05, 0) is 37.0 Å². The first-order valence-electron chi connectivity index (χ1n) is 7.05. The molecule has 0 unspecified atom stereocenters. The van der Waals surface area contributed by atoms with Gasteiger partial charge in [-0.1, -0.05) is 12.1 Å². The second-order valence-electron chi connectivity index (χ2n) is 4.59. The number of thioether (sulfide) groups is 1. The topological polar surface area (TPSA) is 84.2 Å². The Morgan fingerprint density at radius 1 is 1.24 bits per heavy atom. The molecular formula is C15H23N3O2S. The maximum Gasteiger partial charge on any atom is 0.253 e. The van der Waals surface area contributed by atoms with Gasteiger partial charge in [0.25, 0.3) is 5.91 Å². The van der Waals surface area contributed by atoms with Gasteiger partial charge in [-0.25, -0.2) is 0 Å². The van der Waals surface area contributed by atoms with Crippen LogP contribution in [0.2, 0.25) is 0 Å². The number of rotatable bonds is 9. The molecule has 6 heteroatoms. The van der Waals surface area contributed by atoms with Crippen molar-refractivity contribution < 1.29 is 9.59 Å². The van der Waals surface area contributed by atoms with Crippen LogP contribution in [0.5, 0.6) is 0 Å². The summed E-state index contributed by atoms with van der Waals surface area (Å²) >= 11 is 1.78. The molecule has 1 aromatic rings. The molecule has 21 heavy (non-hydrogen) atoms. The normalized spacial score (nSPS) is 10.2. The Balaban J connectivity index is 2.58. The Bertz CT molecular complexity index is 466. The van der Waals surface area contributed by atoms with Gasteiger partial charge in [-0.15, -0.1) is 0 Å². The van der Waals surface area contributed by atoms with E-state index in [1.54, 1.807) is 36.0 Å². The number of hydrogen-bond donors (Lipinski definition) is 3. The quantitative estimate of drug-likeness (QED) is 0.608. The van der Waals surface area contributed by atoms with Crippen molar-refractivity contribution in [2.45, 2.75) is 19.3 Å². The van der Waals surface area contributed by atoms with Crippen LogP contribution < -0.4 is 16.4 Å². The maximum absolute atomic E-state index is 12.0. The summed E-state index contributed by atoms with van der Waals surface area (Å²) in [6.45, 7) is 0.797. The summed E-state index contributed by atoms with van der Waals surface area (Å²) in [5.41, 5.74) is 6.37. The number of para-hydroxylation sites is 1. The molecule has 0 aliphatic rings. The first kappa shape index (κ1) is 17.5. The third kappa shape index (κ3) is 6.64. The van der Waals surface area contributed by atoms with E-state index in [0.717, 1.165) is 18.6 Å². The summed E-state index contributed by atoms with van der Waals surface area (Å²) < 4.78 is 0. The Labute approximate surface area is 130 Å². The molecule has 1 rings (SSSR count). The van der Waals surface area contributed by atoms with Crippen LogP contribution in [0, 0.1) is 0 Å². The van der Waals surface area contributed by atoms with E-state index in [0.29, 0.717) is 30.8 Å². The van der Waals surface area contributed by atoms with Crippen molar-refractivity contribution in [3.8, 4) is 0 Å². The van der Waals surface area contributed by atoms with Crippen LogP contribution in [-0.4, -0.2) is 36.9 Å². The van der Waals surface area contributed by atoms with E-state index in [4.69, 9.17) is 5.73 Å². The molecule has 0 aliphatic carbocycles. The summed E-state index contributed by atoms with van der Waals surface area (Å²) in [7, 11) is 0. The Kier molecular flexibility index (Phi) is 8.54. The third-order valence-electron chi connectivity index (χ3n) is 2.88. The Morgan fingerprint density at radius 2 is 2.00 bits per heavy atom. The zero-order valence-corrected chi connectivity index (χ0v) is 13.2. The average molecular weight is 309 g/mol. The van der Waals surface area contributed by atoms with E-state index >= 15 is 0 Å². The first-order chi connectivity index (χ1) is 10.2. The number of nitrogens with one attached hydrogen (secondary N) is 2. The van der Waals surface area contributed by atoms with Crippen molar-refractivity contribution in [3.63, 3.8) is 0 Å². The van der Waals surface area contributed by atoms with Gasteiger partial charge in [0.15, 0.2) is 0 Å². The molecule has 116 valence electrons. The van der Waals surface area contributed by atoms with Gasteiger partial charge in [-0.2, -0.15) is 11.8 Å². The van der Waals surface area contributed by atoms with Crippen LogP contribution in [0.4, 0.5) is 5.69 Å². The fourth-order valence-corrected chi connectivity index (χ4v) is 2.31. The van der Waals surface area contributed by atoms with Gasteiger partial charge in [0.1, 0.15) is 0 Å². The highest BCUT2D eigenvalue weighted by Gasteiger charge is 2.12. The second kappa shape index (κ2) is 10.2. The molecule has 0 atom stereocenters. The van der Waals surface area contributed by atoms with Crippen molar-refractivity contribution in [2.75, 3.05) is 30.4 Å². The number of carbonyl (C=O) groups is 2. The van der Waals surface area contributed by atoms with Crippen LogP contribution in [0.15, 0.2) is 24.3 Å². The zero-order chi connectivity index (χ0) is 15.5. The molecule has 2 amide bonds. The fraction of sp³-hybridized carbons (Fsp3) is 0.467. The Morgan fingerprint density at radius 3 is 2.71 bits per heavy atom. The molecular weight excluding hydrogens is 286 g/mol. The molecule has 0 bridgehead atoms. The molecule has 0 aromatic heterocycles. The molecule has 1 aromatic carbocycles. The lowest BCUT2D eigenvalue weighted by Gasteiger charge is -2.11. The number of unbranched alkanes of at least 4 members (excludes halogenated alkanes) is 1. The molecule has 0 radical (unpaired) electrons. The van der Waals surface area contributed by atoms with Gasteiger partial charge in [0.05, 0.1) is 11.3 Å². The molecule has 0 saturated carbocycles. The summed E-state index contributed by atoms with van der Waals surface area (Å²) in [6, 6.07) is 6.99. The molecule has 0 spiro atoms. The lowest BCUT2D eigenvalue weighted by molar-refractivity contribution is -0.116. The van der Waals surface area contributed by atoms with E-state index in [1.807, 2.05) is 0 Å². The van der Waals surface area contributed by atoms with Crippen molar-refractivity contribution in [2.24, 2.45) is 5.73 Å². The number of nitrogens with two attached hydrogens (primary N) is 1. The van der Waals surface area contributed by atoms with Crippen LogP contribution in [0.25, 0.3) is 0 Å². The van der Waals surface area contributed by atoms with Crippen LogP contribution in [0.3, 0.4) is 0 Å². The monoisotopic (exact) mass is 309 g/mol. The standard InChI is InChI=1S/C15H23N3O2S/c1-21-11-5-4-8-14(19)18-13-7-3-2-6-12(13)15(20)17-10-9-16/h2-3,6-7H,4-5,8-11,16H2,1H3,(H,17,20)(H,18,19). The average Bonchev–Trinajstić information content (AvgIpc) is 2.50. The minimum Gasteiger partial charge on any atom is -0.351 e. The van der Waals surface area contributed by atoms with Crippen molar-refractivity contribution in [1.82, 2.24) is 5.32 Å². The minimum absolute atomic E-state index is 0.0600. The van der Waals surface area contributed by atoms with Gasteiger partial charge >= 0.3 is 0 Å². The zero-order valence-electron chi connectivity index (χ0n) is 12.4. The van der Waals surface area contributed by atoms with Gasteiger partial charge in [0.2, 0.25) is 5.91 Å². The summed E-state index contributed by atoms with van der Waals surface area (Å²) in [5.74, 6) is 0.777. The SMILES string of the molecule is CSCCCCC(=O)Nc1ccccc1C(=O)NCCN. The number of benzene rings is 1. The van der Waals surface area contributed by atoms with Gasteiger partial charge in [0, 0.05) is 19.5 Å². The van der Waals surface area contributed by atoms with E-state index in [-0.39, 0.29) is 11.8 Å². The lowest BCUT2D eigenvalue weighted by atomic mass is 10.1. The van der Waals surface area contributed by atoms with Crippen molar-refractivity contribution in [3.05, 3.63) is 29.8 Å². The molecule has 0 aliphatic heterocycles. The van der Waals surface area contributed by atoms with Crippen LogP contribution >= 0.6 is 11.8 Å². The summed E-state index contributed by atoms with van der Waals surface area (Å²) in [6.07, 6.45) is 4.40. The third-order valence-corrected chi connectivity index (χ3v) is 3.57. The summed E-state index contributed by atoms with van der Waals surface area (Å²) in [5, 5.41) is 5.51. The van der Waals surface area contributed by atoms with E-state index < -0.39 is 0 Å². The minimum atomic E-state index is -0.223.